The van der Waals surface area contributed by atoms with Gasteiger partial charge in [0.15, 0.2) is 5.78 Å². The van der Waals surface area contributed by atoms with Gasteiger partial charge in [-0.1, -0.05) is 26.8 Å². The SMILES string of the molecule is C=C1C(=O)[C@@]23CC[C@H]4C(C)(CCC[C@@]4(C)C(=O)NC(C)C)[C@@H]2CC[C@@]1(O)C3. The van der Waals surface area contributed by atoms with E-state index in [4.69, 9.17) is 0 Å². The normalized spacial score (nSPS) is 49.0. The molecular weight excluding hydrogens is 338 g/mol. The van der Waals surface area contributed by atoms with Gasteiger partial charge in [0.1, 0.15) is 0 Å². The first kappa shape index (κ1) is 19.2. The molecular formula is C23H35NO3. The number of Topliss-reactive ketones (excluding diaryl/α,β-unsaturated/α-hetero) is 1. The highest BCUT2D eigenvalue weighted by Gasteiger charge is 2.70. The van der Waals surface area contributed by atoms with Crippen LogP contribution in [0.25, 0.3) is 0 Å². The zero-order chi connectivity index (χ0) is 19.8. The van der Waals surface area contributed by atoms with Crippen molar-refractivity contribution in [3.05, 3.63) is 12.2 Å². The van der Waals surface area contributed by atoms with Crippen LogP contribution in [0.2, 0.25) is 0 Å². The first-order valence-corrected chi connectivity index (χ1v) is 10.8. The van der Waals surface area contributed by atoms with Crippen LogP contribution in [-0.4, -0.2) is 28.4 Å². The van der Waals surface area contributed by atoms with Crippen molar-refractivity contribution in [3.8, 4) is 0 Å². The van der Waals surface area contributed by atoms with Crippen molar-refractivity contribution in [1.82, 2.24) is 5.32 Å². The molecule has 150 valence electrons. The molecule has 0 aromatic rings. The first-order chi connectivity index (χ1) is 12.5. The molecule has 4 heteroatoms. The molecule has 1 amide bonds. The fraction of sp³-hybridized carbons (Fsp3) is 0.826. The second kappa shape index (κ2) is 5.68. The maximum Gasteiger partial charge on any atom is 0.226 e. The molecule has 0 saturated heterocycles. The summed E-state index contributed by atoms with van der Waals surface area (Å²) in [5.41, 5.74) is -1.37. The highest BCUT2D eigenvalue weighted by Crippen LogP contribution is 2.71. The molecule has 4 saturated carbocycles. The lowest BCUT2D eigenvalue weighted by atomic mass is 9.40. The summed E-state index contributed by atoms with van der Waals surface area (Å²) in [5, 5.41) is 14.1. The van der Waals surface area contributed by atoms with Crippen LogP contribution in [0, 0.1) is 28.1 Å². The smallest absolute Gasteiger partial charge is 0.226 e. The predicted octanol–water partition coefficient (Wildman–Crippen LogP) is 3.77. The number of hydrogen-bond donors (Lipinski definition) is 2. The summed E-state index contributed by atoms with van der Waals surface area (Å²) in [5.74, 6) is 0.841. The van der Waals surface area contributed by atoms with E-state index in [1.165, 1.54) is 0 Å². The molecule has 0 heterocycles. The number of amides is 1. The molecule has 2 N–H and O–H groups in total. The van der Waals surface area contributed by atoms with Gasteiger partial charge >= 0.3 is 0 Å². The van der Waals surface area contributed by atoms with Crippen molar-refractivity contribution in [3.63, 3.8) is 0 Å². The second-order valence-corrected chi connectivity index (χ2v) is 10.8. The summed E-state index contributed by atoms with van der Waals surface area (Å²) in [7, 11) is 0. The Morgan fingerprint density at radius 3 is 2.48 bits per heavy atom. The minimum Gasteiger partial charge on any atom is -0.385 e. The van der Waals surface area contributed by atoms with Gasteiger partial charge in [-0.3, -0.25) is 9.59 Å². The molecule has 0 radical (unpaired) electrons. The zero-order valence-electron chi connectivity index (χ0n) is 17.4. The largest absolute Gasteiger partial charge is 0.385 e. The van der Waals surface area contributed by atoms with Crippen molar-refractivity contribution in [2.75, 3.05) is 0 Å². The Kier molecular flexibility index (Phi) is 4.04. The first-order valence-electron chi connectivity index (χ1n) is 10.8. The molecule has 4 rings (SSSR count). The Balaban J connectivity index is 1.73. The van der Waals surface area contributed by atoms with Gasteiger partial charge in [0.2, 0.25) is 5.91 Å². The Morgan fingerprint density at radius 2 is 1.81 bits per heavy atom. The summed E-state index contributed by atoms with van der Waals surface area (Å²) in [4.78, 5) is 26.4. The molecule has 0 aliphatic heterocycles. The molecule has 4 fully saturated rings. The summed E-state index contributed by atoms with van der Waals surface area (Å²) < 4.78 is 0. The van der Waals surface area contributed by atoms with Gasteiger partial charge in [-0.2, -0.15) is 0 Å². The van der Waals surface area contributed by atoms with Crippen LogP contribution in [0.15, 0.2) is 12.2 Å². The lowest BCUT2D eigenvalue weighted by Gasteiger charge is -2.63. The van der Waals surface area contributed by atoms with Crippen molar-refractivity contribution in [2.24, 2.45) is 28.1 Å². The standard InChI is InChI=1S/C23H35NO3/c1-14(2)24-19(26)21(5)10-6-9-20(4)16(21)7-11-22-13-23(27,12-8-17(20)22)15(3)18(22)25/h14,16-17,27H,3,6-13H2,1-2,4-5H3,(H,24,26)/t16-,17-,20?,21+,22+,23+/m0/s1. The average Bonchev–Trinajstić information content (AvgIpc) is 2.71. The Labute approximate surface area is 163 Å². The lowest BCUT2D eigenvalue weighted by molar-refractivity contribution is -0.178. The highest BCUT2D eigenvalue weighted by molar-refractivity contribution is 6.04. The van der Waals surface area contributed by atoms with Gasteiger partial charge in [0.05, 0.1) is 5.60 Å². The third-order valence-electron chi connectivity index (χ3n) is 9.00. The quantitative estimate of drug-likeness (QED) is 0.724. The number of hydrogen-bond acceptors (Lipinski definition) is 3. The molecule has 1 unspecified atom stereocenters. The zero-order valence-corrected chi connectivity index (χ0v) is 17.4. The van der Waals surface area contributed by atoms with Gasteiger partial charge in [-0.05, 0) is 76.0 Å². The van der Waals surface area contributed by atoms with Crippen molar-refractivity contribution in [2.45, 2.75) is 90.7 Å². The number of carbonyl (C=O) groups excluding carboxylic acids is 2. The fourth-order valence-electron chi connectivity index (χ4n) is 7.82. The Hall–Kier alpha value is -1.16. The molecule has 0 aromatic carbocycles. The average molecular weight is 374 g/mol. The van der Waals surface area contributed by atoms with E-state index in [0.717, 1.165) is 38.5 Å². The van der Waals surface area contributed by atoms with E-state index in [-0.39, 0.29) is 34.5 Å². The number of fused-ring (bicyclic) bond motifs is 3. The van der Waals surface area contributed by atoms with Gasteiger partial charge in [0.25, 0.3) is 0 Å². The minimum atomic E-state index is -0.982. The molecule has 4 nitrogen and oxygen atoms in total. The van der Waals surface area contributed by atoms with Crippen molar-refractivity contribution >= 4 is 11.7 Å². The van der Waals surface area contributed by atoms with E-state index in [9.17, 15) is 14.7 Å². The van der Waals surface area contributed by atoms with Gasteiger partial charge in [-0.25, -0.2) is 0 Å². The topological polar surface area (TPSA) is 66.4 Å². The van der Waals surface area contributed by atoms with Crippen LogP contribution in [0.5, 0.6) is 0 Å². The molecule has 4 aliphatic carbocycles. The number of carbonyl (C=O) groups is 2. The Morgan fingerprint density at radius 1 is 1.15 bits per heavy atom. The van der Waals surface area contributed by atoms with Gasteiger partial charge < -0.3 is 10.4 Å². The number of ketones is 1. The summed E-state index contributed by atoms with van der Waals surface area (Å²) >= 11 is 0. The molecule has 1 spiro atoms. The molecule has 0 aromatic heterocycles. The molecule has 6 atom stereocenters. The maximum absolute atomic E-state index is 13.3. The van der Waals surface area contributed by atoms with E-state index >= 15 is 0 Å². The minimum absolute atomic E-state index is 0.0266. The van der Waals surface area contributed by atoms with Crippen LogP contribution in [0.1, 0.15) is 79.1 Å². The number of rotatable bonds is 2. The molecule has 4 aliphatic rings. The van der Waals surface area contributed by atoms with E-state index in [2.05, 4.69) is 25.7 Å². The van der Waals surface area contributed by atoms with Crippen LogP contribution < -0.4 is 5.32 Å². The van der Waals surface area contributed by atoms with E-state index in [1.54, 1.807) is 0 Å². The highest BCUT2D eigenvalue weighted by atomic mass is 16.3. The maximum atomic E-state index is 13.3. The third-order valence-corrected chi connectivity index (χ3v) is 9.00. The van der Waals surface area contributed by atoms with Crippen LogP contribution in [-0.2, 0) is 9.59 Å². The predicted molar refractivity (Wildman–Crippen MR) is 105 cm³/mol. The van der Waals surface area contributed by atoms with Gasteiger partial charge in [-0.15, -0.1) is 0 Å². The van der Waals surface area contributed by atoms with Crippen LogP contribution >= 0.6 is 0 Å². The van der Waals surface area contributed by atoms with Crippen molar-refractivity contribution < 1.29 is 14.7 Å². The summed E-state index contributed by atoms with van der Waals surface area (Å²) in [6.07, 6.45) is 6.79. The second-order valence-electron chi connectivity index (χ2n) is 10.8. The van der Waals surface area contributed by atoms with E-state index in [1.807, 2.05) is 13.8 Å². The number of nitrogens with one attached hydrogen (secondary N) is 1. The Bertz CT molecular complexity index is 714. The monoisotopic (exact) mass is 373 g/mol. The summed E-state index contributed by atoms with van der Waals surface area (Å²) in [6.45, 7) is 12.5. The van der Waals surface area contributed by atoms with Crippen LogP contribution in [0.4, 0.5) is 0 Å². The summed E-state index contributed by atoms with van der Waals surface area (Å²) in [6, 6.07) is 0.141. The van der Waals surface area contributed by atoms with Gasteiger partial charge in [0, 0.05) is 22.4 Å². The van der Waals surface area contributed by atoms with Crippen molar-refractivity contribution in [1.29, 1.82) is 0 Å². The number of aliphatic hydroxyl groups is 1. The fourth-order valence-corrected chi connectivity index (χ4v) is 7.82. The van der Waals surface area contributed by atoms with E-state index in [0.29, 0.717) is 24.3 Å². The molecule has 2 bridgehead atoms. The lowest BCUT2D eigenvalue weighted by Crippen LogP contribution is -2.61. The van der Waals surface area contributed by atoms with Crippen LogP contribution in [0.3, 0.4) is 0 Å². The molecule has 27 heavy (non-hydrogen) atoms. The van der Waals surface area contributed by atoms with E-state index < -0.39 is 11.0 Å². The third kappa shape index (κ3) is 2.31.